The van der Waals surface area contributed by atoms with Crippen molar-refractivity contribution in [2.24, 2.45) is 0 Å². The molecule has 1 amide bonds. The quantitative estimate of drug-likeness (QED) is 0.504. The van der Waals surface area contributed by atoms with Crippen LogP contribution >= 0.6 is 15.9 Å². The number of hydrogen-bond acceptors (Lipinski definition) is 3. The molecule has 0 N–H and O–H groups in total. The summed E-state index contributed by atoms with van der Waals surface area (Å²) in [6.45, 7) is 5.90. The molecule has 0 aliphatic carbocycles. The number of amides is 1. The van der Waals surface area contributed by atoms with E-state index in [-0.39, 0.29) is 16.8 Å². The maximum Gasteiger partial charge on any atom is 0.411 e. The molecule has 0 aromatic rings. The highest BCUT2D eigenvalue weighted by atomic mass is 79.9. The van der Waals surface area contributed by atoms with Crippen LogP contribution in [-0.2, 0) is 9.53 Å². The SMILES string of the molecule is CC(C)(C)OC(=O)N1CCC(=O)CC1Br. The molecule has 1 saturated heterocycles. The van der Waals surface area contributed by atoms with Crippen LogP contribution in [0.25, 0.3) is 0 Å². The Morgan fingerprint density at radius 1 is 1.53 bits per heavy atom. The maximum atomic E-state index is 11.7. The molecule has 1 aliphatic rings. The lowest BCUT2D eigenvalue weighted by atomic mass is 10.1. The minimum atomic E-state index is -0.495. The summed E-state index contributed by atoms with van der Waals surface area (Å²) in [4.78, 5) is 24.1. The van der Waals surface area contributed by atoms with Gasteiger partial charge in [-0.3, -0.25) is 9.69 Å². The molecular weight excluding hydrogens is 262 g/mol. The van der Waals surface area contributed by atoms with E-state index in [9.17, 15) is 9.59 Å². The standard InChI is InChI=1S/C10H16BrNO3/c1-10(2,3)15-9(14)12-5-4-7(13)6-8(12)11/h8H,4-6H2,1-3H3. The lowest BCUT2D eigenvalue weighted by molar-refractivity contribution is -0.121. The van der Waals surface area contributed by atoms with E-state index in [0.717, 1.165) is 0 Å². The number of Topliss-reactive ketones (excluding diaryl/α,β-unsaturated/α-hetero) is 1. The second-order valence-corrected chi connectivity index (χ2v) is 5.66. The average Bonchev–Trinajstić information content (AvgIpc) is 1.99. The van der Waals surface area contributed by atoms with Gasteiger partial charge in [0.05, 0.1) is 4.95 Å². The first kappa shape index (κ1) is 12.5. The van der Waals surface area contributed by atoms with Crippen LogP contribution in [0.5, 0.6) is 0 Å². The third-order valence-corrected chi connectivity index (χ3v) is 2.81. The Hall–Kier alpha value is -0.580. The molecule has 0 aromatic carbocycles. The highest BCUT2D eigenvalue weighted by molar-refractivity contribution is 9.09. The number of ether oxygens (including phenoxy) is 1. The number of rotatable bonds is 0. The van der Waals surface area contributed by atoms with Crippen LogP contribution in [-0.4, -0.2) is 33.9 Å². The van der Waals surface area contributed by atoms with Crippen LogP contribution < -0.4 is 0 Å². The molecular formula is C10H16BrNO3. The summed E-state index contributed by atoms with van der Waals surface area (Å²) in [6, 6.07) is 0. The molecule has 4 nitrogen and oxygen atoms in total. The second-order valence-electron chi connectivity index (χ2n) is 4.60. The molecule has 86 valence electrons. The lowest BCUT2D eigenvalue weighted by Gasteiger charge is -2.33. The van der Waals surface area contributed by atoms with E-state index < -0.39 is 5.60 Å². The Labute approximate surface area is 98.1 Å². The Kier molecular flexibility index (Phi) is 3.76. The van der Waals surface area contributed by atoms with E-state index >= 15 is 0 Å². The zero-order valence-corrected chi connectivity index (χ0v) is 10.8. The molecule has 0 spiro atoms. The Bertz CT molecular complexity index is 272. The molecule has 0 saturated carbocycles. The number of hydrogen-bond donors (Lipinski definition) is 0. The smallest absolute Gasteiger partial charge is 0.411 e. The predicted octanol–water partition coefficient (Wildman–Crippen LogP) is 2.31. The second kappa shape index (κ2) is 4.51. The molecule has 0 bridgehead atoms. The molecule has 0 aromatic heterocycles. The number of nitrogens with zero attached hydrogens (tertiary/aromatic N) is 1. The molecule has 1 fully saturated rings. The van der Waals surface area contributed by atoms with Crippen molar-refractivity contribution in [3.8, 4) is 0 Å². The van der Waals surface area contributed by atoms with Gasteiger partial charge in [-0.05, 0) is 20.8 Å². The number of piperidine rings is 1. The predicted molar refractivity (Wildman–Crippen MR) is 59.9 cm³/mol. The highest BCUT2D eigenvalue weighted by Gasteiger charge is 2.31. The van der Waals surface area contributed by atoms with E-state index in [1.807, 2.05) is 20.8 Å². The third kappa shape index (κ3) is 3.81. The molecule has 15 heavy (non-hydrogen) atoms. The number of halogens is 1. The van der Waals surface area contributed by atoms with Crippen molar-refractivity contribution in [2.75, 3.05) is 6.54 Å². The molecule has 1 heterocycles. The van der Waals surface area contributed by atoms with E-state index in [0.29, 0.717) is 19.4 Å². The zero-order chi connectivity index (χ0) is 11.6. The van der Waals surface area contributed by atoms with Gasteiger partial charge >= 0.3 is 6.09 Å². The largest absolute Gasteiger partial charge is 0.444 e. The van der Waals surface area contributed by atoms with E-state index in [1.165, 1.54) is 0 Å². The number of carbonyl (C=O) groups is 2. The Morgan fingerprint density at radius 2 is 2.13 bits per heavy atom. The summed E-state index contributed by atoms with van der Waals surface area (Å²) >= 11 is 3.31. The van der Waals surface area contributed by atoms with Gasteiger partial charge in [0.15, 0.2) is 0 Å². The molecule has 1 atom stereocenters. The van der Waals surface area contributed by atoms with Crippen LogP contribution in [0.1, 0.15) is 33.6 Å². The van der Waals surface area contributed by atoms with E-state index in [4.69, 9.17) is 4.74 Å². The average molecular weight is 278 g/mol. The minimum Gasteiger partial charge on any atom is -0.444 e. The molecule has 1 unspecified atom stereocenters. The van der Waals surface area contributed by atoms with Gasteiger partial charge in [0, 0.05) is 19.4 Å². The van der Waals surface area contributed by atoms with Crippen LogP contribution in [0.4, 0.5) is 4.79 Å². The van der Waals surface area contributed by atoms with Gasteiger partial charge in [-0.15, -0.1) is 0 Å². The number of likely N-dealkylation sites (tertiary alicyclic amines) is 1. The van der Waals surface area contributed by atoms with Crippen LogP contribution in [0, 0.1) is 0 Å². The normalized spacial score (nSPS) is 22.8. The van der Waals surface area contributed by atoms with E-state index in [1.54, 1.807) is 4.90 Å². The third-order valence-electron chi connectivity index (χ3n) is 1.99. The molecule has 1 rings (SSSR count). The fourth-order valence-electron chi connectivity index (χ4n) is 1.31. The van der Waals surface area contributed by atoms with Gasteiger partial charge in [0.25, 0.3) is 0 Å². The fraction of sp³-hybridized carbons (Fsp3) is 0.800. The van der Waals surface area contributed by atoms with Crippen LogP contribution in [0.15, 0.2) is 0 Å². The molecule has 5 heteroatoms. The molecule has 1 aliphatic heterocycles. The highest BCUT2D eigenvalue weighted by Crippen LogP contribution is 2.22. The first-order valence-corrected chi connectivity index (χ1v) is 5.86. The summed E-state index contributed by atoms with van der Waals surface area (Å²) in [6.07, 6.45) is 0.414. The number of carbonyl (C=O) groups excluding carboxylic acids is 2. The van der Waals surface area contributed by atoms with Gasteiger partial charge in [0.1, 0.15) is 11.4 Å². The Balaban J connectivity index is 2.56. The van der Waals surface area contributed by atoms with Crippen molar-refractivity contribution in [3.05, 3.63) is 0 Å². The summed E-state index contributed by atoms with van der Waals surface area (Å²) in [5.41, 5.74) is -0.495. The van der Waals surface area contributed by atoms with E-state index in [2.05, 4.69) is 15.9 Å². The van der Waals surface area contributed by atoms with Gasteiger partial charge in [-0.1, -0.05) is 15.9 Å². The van der Waals surface area contributed by atoms with Crippen molar-refractivity contribution >= 4 is 27.8 Å². The van der Waals surface area contributed by atoms with Gasteiger partial charge in [0.2, 0.25) is 0 Å². The lowest BCUT2D eigenvalue weighted by Crippen LogP contribution is -2.45. The summed E-state index contributed by atoms with van der Waals surface area (Å²) < 4.78 is 5.23. The van der Waals surface area contributed by atoms with Gasteiger partial charge in [-0.25, -0.2) is 4.79 Å². The van der Waals surface area contributed by atoms with Crippen LogP contribution in [0.3, 0.4) is 0 Å². The monoisotopic (exact) mass is 277 g/mol. The van der Waals surface area contributed by atoms with Crippen molar-refractivity contribution < 1.29 is 14.3 Å². The Morgan fingerprint density at radius 3 is 2.60 bits per heavy atom. The summed E-state index contributed by atoms with van der Waals surface area (Å²) in [7, 11) is 0. The zero-order valence-electron chi connectivity index (χ0n) is 9.25. The number of ketones is 1. The summed E-state index contributed by atoms with van der Waals surface area (Å²) in [5, 5.41) is 0. The minimum absolute atomic E-state index is 0.177. The maximum absolute atomic E-state index is 11.7. The van der Waals surface area contributed by atoms with Crippen molar-refractivity contribution in [2.45, 2.75) is 44.2 Å². The first-order chi connectivity index (χ1) is 6.79. The fourth-order valence-corrected chi connectivity index (χ4v) is 2.04. The van der Waals surface area contributed by atoms with Gasteiger partial charge in [-0.2, -0.15) is 0 Å². The first-order valence-electron chi connectivity index (χ1n) is 4.95. The number of alkyl halides is 1. The van der Waals surface area contributed by atoms with Crippen molar-refractivity contribution in [1.29, 1.82) is 0 Å². The summed E-state index contributed by atoms with van der Waals surface area (Å²) in [5.74, 6) is 0.177. The van der Waals surface area contributed by atoms with Gasteiger partial charge < -0.3 is 4.74 Å². The molecule has 0 radical (unpaired) electrons. The topological polar surface area (TPSA) is 46.6 Å². The van der Waals surface area contributed by atoms with Crippen molar-refractivity contribution in [3.63, 3.8) is 0 Å². The van der Waals surface area contributed by atoms with Crippen LogP contribution in [0.2, 0.25) is 0 Å². The van der Waals surface area contributed by atoms with Crippen molar-refractivity contribution in [1.82, 2.24) is 4.90 Å².